The lowest BCUT2D eigenvalue weighted by atomic mass is 9.56. The molecule has 1 aliphatic carbocycles. The molecule has 4 atom stereocenters. The van der Waals surface area contributed by atoms with Crippen LogP contribution >= 0.6 is 15.9 Å². The van der Waals surface area contributed by atoms with E-state index < -0.39 is 5.60 Å². The number of halogens is 1. The van der Waals surface area contributed by atoms with Crippen LogP contribution < -0.4 is 0 Å². The van der Waals surface area contributed by atoms with Crippen molar-refractivity contribution >= 4 is 15.9 Å². The van der Waals surface area contributed by atoms with Gasteiger partial charge in [-0.15, -0.1) is 0 Å². The van der Waals surface area contributed by atoms with E-state index in [4.69, 9.17) is 0 Å². The molecule has 23 heavy (non-hydrogen) atoms. The Kier molecular flexibility index (Phi) is 8.34. The topological polar surface area (TPSA) is 20.2 Å². The van der Waals surface area contributed by atoms with Crippen molar-refractivity contribution < 1.29 is 5.11 Å². The first kappa shape index (κ1) is 21.2. The maximum absolute atomic E-state index is 9.93. The molecule has 0 aromatic rings. The molecule has 0 aromatic carbocycles. The van der Waals surface area contributed by atoms with Crippen LogP contribution in [0.15, 0.2) is 10.6 Å². The van der Waals surface area contributed by atoms with Crippen molar-refractivity contribution in [3.05, 3.63) is 10.6 Å². The minimum Gasteiger partial charge on any atom is -0.390 e. The summed E-state index contributed by atoms with van der Waals surface area (Å²) in [5.74, 6) is 2.17. The highest BCUT2D eigenvalue weighted by Gasteiger charge is 2.43. The van der Waals surface area contributed by atoms with Crippen molar-refractivity contribution in [2.24, 2.45) is 23.2 Å². The molecule has 2 heteroatoms. The quantitative estimate of drug-likeness (QED) is 0.471. The zero-order chi connectivity index (χ0) is 17.7. The lowest BCUT2D eigenvalue weighted by Gasteiger charge is -2.49. The molecule has 0 aliphatic heterocycles. The highest BCUT2D eigenvalue weighted by atomic mass is 79.9. The molecule has 1 saturated carbocycles. The maximum atomic E-state index is 9.93. The average molecular weight is 387 g/mol. The fourth-order valence-electron chi connectivity index (χ4n) is 4.68. The number of allylic oxidation sites excluding steroid dienone is 1. The molecule has 0 heterocycles. The van der Waals surface area contributed by atoms with Gasteiger partial charge in [-0.05, 0) is 74.1 Å². The molecule has 3 unspecified atom stereocenters. The molecule has 0 amide bonds. The molecule has 1 aliphatic rings. The third-order valence-corrected chi connectivity index (χ3v) is 7.07. The van der Waals surface area contributed by atoms with Crippen molar-refractivity contribution in [3.8, 4) is 0 Å². The van der Waals surface area contributed by atoms with Gasteiger partial charge in [-0.2, -0.15) is 0 Å². The van der Waals surface area contributed by atoms with Crippen LogP contribution in [0.1, 0.15) is 92.9 Å². The predicted molar refractivity (Wildman–Crippen MR) is 106 cm³/mol. The number of hydrogen-bond acceptors (Lipinski definition) is 1. The van der Waals surface area contributed by atoms with Crippen molar-refractivity contribution in [3.63, 3.8) is 0 Å². The summed E-state index contributed by atoms with van der Waals surface area (Å²) in [6, 6.07) is 0. The van der Waals surface area contributed by atoms with E-state index in [9.17, 15) is 5.11 Å². The lowest BCUT2D eigenvalue weighted by Crippen LogP contribution is -2.40. The van der Waals surface area contributed by atoms with Crippen LogP contribution in [-0.4, -0.2) is 10.7 Å². The standard InChI is InChI=1S/C21H39BrO/c1-7-10-19-18(15-22)12-9-14-21(19,6)17(3)16(2)11-8-13-20(4,5)23/h15-17,19,23H,7-14H2,1-6H3/b18-15+/t16-,17?,19?,21?/m0/s1. The minimum absolute atomic E-state index is 0.419. The molecule has 0 aromatic heterocycles. The van der Waals surface area contributed by atoms with Gasteiger partial charge in [0.1, 0.15) is 0 Å². The van der Waals surface area contributed by atoms with Gasteiger partial charge in [0.05, 0.1) is 5.60 Å². The highest BCUT2D eigenvalue weighted by Crippen LogP contribution is 2.53. The Morgan fingerprint density at radius 2 is 2.04 bits per heavy atom. The third-order valence-electron chi connectivity index (χ3n) is 6.48. The van der Waals surface area contributed by atoms with Crippen molar-refractivity contribution in [1.82, 2.24) is 0 Å². The molecular weight excluding hydrogens is 348 g/mol. The van der Waals surface area contributed by atoms with Crippen LogP contribution in [0.2, 0.25) is 0 Å². The van der Waals surface area contributed by atoms with Gasteiger partial charge < -0.3 is 5.11 Å². The van der Waals surface area contributed by atoms with Crippen LogP contribution in [-0.2, 0) is 0 Å². The third kappa shape index (κ3) is 5.88. The molecule has 0 radical (unpaired) electrons. The largest absolute Gasteiger partial charge is 0.390 e. The lowest BCUT2D eigenvalue weighted by molar-refractivity contribution is 0.0384. The molecule has 0 saturated heterocycles. The number of hydrogen-bond donors (Lipinski definition) is 1. The summed E-state index contributed by atoms with van der Waals surface area (Å²) in [6.07, 6.45) is 9.81. The first-order chi connectivity index (χ1) is 10.7. The molecular formula is C21H39BrO. The Bertz CT molecular complexity index is 382. The van der Waals surface area contributed by atoms with Crippen LogP contribution in [0.4, 0.5) is 0 Å². The Hall–Kier alpha value is 0.180. The van der Waals surface area contributed by atoms with E-state index in [1.165, 1.54) is 38.5 Å². The second kappa shape index (κ2) is 9.04. The smallest absolute Gasteiger partial charge is 0.0591 e. The monoisotopic (exact) mass is 386 g/mol. The fourth-order valence-corrected chi connectivity index (χ4v) is 5.23. The SMILES string of the molecule is CCCC1/C(=C/Br)CCCC1(C)C(C)[C@@H](C)CCCC(C)(C)O. The summed E-state index contributed by atoms with van der Waals surface area (Å²) in [4.78, 5) is 2.22. The Balaban J connectivity index is 2.78. The summed E-state index contributed by atoms with van der Waals surface area (Å²) >= 11 is 3.63. The van der Waals surface area contributed by atoms with Gasteiger partial charge in [0, 0.05) is 0 Å². The van der Waals surface area contributed by atoms with Crippen molar-refractivity contribution in [2.75, 3.05) is 0 Å². The summed E-state index contributed by atoms with van der Waals surface area (Å²) in [5, 5.41) is 9.93. The maximum Gasteiger partial charge on any atom is 0.0591 e. The molecule has 1 N–H and O–H groups in total. The van der Waals surface area contributed by atoms with Gasteiger partial charge in [-0.1, -0.05) is 68.5 Å². The second-order valence-corrected chi connectivity index (χ2v) is 9.31. The molecule has 136 valence electrons. The van der Waals surface area contributed by atoms with E-state index in [-0.39, 0.29) is 0 Å². The van der Waals surface area contributed by atoms with E-state index in [1.807, 2.05) is 13.8 Å². The predicted octanol–water partition coefficient (Wildman–Crippen LogP) is 7.09. The van der Waals surface area contributed by atoms with Gasteiger partial charge in [-0.25, -0.2) is 0 Å². The van der Waals surface area contributed by atoms with Crippen molar-refractivity contribution in [2.45, 2.75) is 98.5 Å². The van der Waals surface area contributed by atoms with Crippen LogP contribution in [0.3, 0.4) is 0 Å². The molecule has 1 nitrogen and oxygen atoms in total. The van der Waals surface area contributed by atoms with E-state index in [2.05, 4.69) is 48.6 Å². The van der Waals surface area contributed by atoms with Crippen molar-refractivity contribution in [1.29, 1.82) is 0 Å². The van der Waals surface area contributed by atoms with Gasteiger partial charge in [0.2, 0.25) is 0 Å². The fraction of sp³-hybridized carbons (Fsp3) is 0.905. The Labute approximate surface area is 153 Å². The van der Waals surface area contributed by atoms with E-state index in [0.29, 0.717) is 5.41 Å². The van der Waals surface area contributed by atoms with E-state index in [1.54, 1.807) is 5.57 Å². The average Bonchev–Trinajstić information content (AvgIpc) is 2.47. The minimum atomic E-state index is -0.520. The first-order valence-electron chi connectivity index (χ1n) is 9.67. The molecule has 0 bridgehead atoms. The summed E-state index contributed by atoms with van der Waals surface area (Å²) in [7, 11) is 0. The molecule has 1 fully saturated rings. The van der Waals surface area contributed by atoms with Gasteiger partial charge in [0.15, 0.2) is 0 Å². The van der Waals surface area contributed by atoms with E-state index in [0.717, 1.165) is 30.6 Å². The summed E-state index contributed by atoms with van der Waals surface area (Å²) in [5.41, 5.74) is 1.53. The first-order valence-corrected chi connectivity index (χ1v) is 10.6. The number of rotatable bonds is 8. The molecule has 1 rings (SSSR count). The normalized spacial score (nSPS) is 30.4. The Morgan fingerprint density at radius 1 is 1.39 bits per heavy atom. The van der Waals surface area contributed by atoms with Crippen LogP contribution in [0.25, 0.3) is 0 Å². The zero-order valence-electron chi connectivity index (χ0n) is 16.3. The van der Waals surface area contributed by atoms with Gasteiger partial charge in [-0.3, -0.25) is 0 Å². The number of aliphatic hydroxyl groups is 1. The second-order valence-electron chi connectivity index (χ2n) is 8.86. The van der Waals surface area contributed by atoms with E-state index >= 15 is 0 Å². The summed E-state index contributed by atoms with van der Waals surface area (Å²) < 4.78 is 0. The Morgan fingerprint density at radius 3 is 2.57 bits per heavy atom. The molecule has 0 spiro atoms. The summed E-state index contributed by atoms with van der Waals surface area (Å²) in [6.45, 7) is 13.6. The highest BCUT2D eigenvalue weighted by molar-refractivity contribution is 9.11. The van der Waals surface area contributed by atoms with Gasteiger partial charge >= 0.3 is 0 Å². The van der Waals surface area contributed by atoms with Gasteiger partial charge in [0.25, 0.3) is 0 Å². The van der Waals surface area contributed by atoms with Crippen LogP contribution in [0, 0.1) is 23.2 Å². The van der Waals surface area contributed by atoms with Crippen LogP contribution in [0.5, 0.6) is 0 Å². The zero-order valence-corrected chi connectivity index (χ0v) is 17.9.